The summed E-state index contributed by atoms with van der Waals surface area (Å²) in [4.78, 5) is 24.9. The summed E-state index contributed by atoms with van der Waals surface area (Å²) in [5.74, 6) is -1.11. The fraction of sp³-hybridized carbons (Fsp3) is 0.440. The van der Waals surface area contributed by atoms with Gasteiger partial charge in [-0.25, -0.2) is 4.79 Å². The topological polar surface area (TPSA) is 87.7 Å². The molecule has 1 aromatic heterocycles. The molecule has 3 rings (SSSR count). The van der Waals surface area contributed by atoms with Crippen LogP contribution in [-0.4, -0.2) is 41.3 Å². The summed E-state index contributed by atoms with van der Waals surface area (Å²) in [6, 6.07) is 11.9. The fourth-order valence-corrected chi connectivity index (χ4v) is 4.78. The molecule has 0 saturated carbocycles. The van der Waals surface area contributed by atoms with Gasteiger partial charge in [0, 0.05) is 30.0 Å². The molecule has 0 bridgehead atoms. The number of thiophene rings is 1. The van der Waals surface area contributed by atoms with Crippen molar-refractivity contribution >= 4 is 23.2 Å². The molecule has 1 aliphatic rings. The van der Waals surface area contributed by atoms with Crippen molar-refractivity contribution in [2.24, 2.45) is 0 Å². The number of hydrogen-bond donors (Lipinski definition) is 3. The standard InChI is InChI=1S/C25H32N2O4S/c1-4-20(5-2)31-22-14-19(25(29)30)13-21(24(22)27-16(3)28)26-15-17-8-10-18(11-9-17)23-7-6-12-32-23/h6-12,14,20-22,24,26H,4-5,13,15H2,1-3H3,(H,27,28)(H,29,30)/t21-,22+,24+/m0/s1. The van der Waals surface area contributed by atoms with Crippen molar-refractivity contribution in [2.45, 2.75) is 70.9 Å². The van der Waals surface area contributed by atoms with E-state index in [9.17, 15) is 14.7 Å². The maximum absolute atomic E-state index is 11.9. The number of aliphatic carboxylic acids is 1. The molecule has 0 radical (unpaired) electrons. The average Bonchev–Trinajstić information content (AvgIpc) is 3.32. The molecule has 0 spiro atoms. The number of ether oxygens (including phenoxy) is 1. The van der Waals surface area contributed by atoms with E-state index in [4.69, 9.17) is 4.74 Å². The largest absolute Gasteiger partial charge is 0.478 e. The molecule has 3 N–H and O–H groups in total. The molecule has 6 nitrogen and oxygen atoms in total. The van der Waals surface area contributed by atoms with E-state index in [-0.39, 0.29) is 24.1 Å². The van der Waals surface area contributed by atoms with E-state index in [1.165, 1.54) is 17.4 Å². The second kappa shape index (κ2) is 11.4. The zero-order valence-corrected chi connectivity index (χ0v) is 19.7. The summed E-state index contributed by atoms with van der Waals surface area (Å²) in [7, 11) is 0. The first-order valence-corrected chi connectivity index (χ1v) is 12.0. The molecule has 3 atom stereocenters. The van der Waals surface area contributed by atoms with Gasteiger partial charge in [0.1, 0.15) is 0 Å². The molecule has 32 heavy (non-hydrogen) atoms. The Kier molecular flexibility index (Phi) is 8.61. The molecule has 0 aliphatic heterocycles. The number of rotatable bonds is 10. The summed E-state index contributed by atoms with van der Waals surface area (Å²) in [5, 5.41) is 18.2. The number of carbonyl (C=O) groups is 2. The molecule has 0 fully saturated rings. The molecule has 1 aromatic carbocycles. The highest BCUT2D eigenvalue weighted by Crippen LogP contribution is 2.26. The lowest BCUT2D eigenvalue weighted by Gasteiger charge is -2.38. The van der Waals surface area contributed by atoms with Crippen molar-refractivity contribution in [3.8, 4) is 10.4 Å². The maximum atomic E-state index is 11.9. The Morgan fingerprint density at radius 1 is 1.19 bits per heavy atom. The van der Waals surface area contributed by atoms with Gasteiger partial charge in [-0.1, -0.05) is 44.2 Å². The molecule has 172 valence electrons. The van der Waals surface area contributed by atoms with Crippen molar-refractivity contribution < 1.29 is 19.4 Å². The number of benzene rings is 1. The summed E-state index contributed by atoms with van der Waals surface area (Å²) in [6.07, 6.45) is 3.13. The molecule has 1 amide bonds. The molecule has 0 unspecified atom stereocenters. The number of hydrogen-bond acceptors (Lipinski definition) is 5. The number of carboxylic acid groups (broad SMARTS) is 1. The van der Waals surface area contributed by atoms with E-state index in [1.807, 2.05) is 19.9 Å². The summed E-state index contributed by atoms with van der Waals surface area (Å²) in [5.41, 5.74) is 2.58. The molecular formula is C25H32N2O4S. The van der Waals surface area contributed by atoms with Gasteiger partial charge in [0.15, 0.2) is 0 Å². The maximum Gasteiger partial charge on any atom is 0.331 e. The van der Waals surface area contributed by atoms with Gasteiger partial charge in [-0.15, -0.1) is 11.3 Å². The van der Waals surface area contributed by atoms with Gasteiger partial charge in [0.2, 0.25) is 5.91 Å². The lowest BCUT2D eigenvalue weighted by atomic mass is 9.87. The highest BCUT2D eigenvalue weighted by Gasteiger charge is 2.37. The van der Waals surface area contributed by atoms with Gasteiger partial charge in [-0.3, -0.25) is 4.79 Å². The minimum absolute atomic E-state index is 0.00565. The van der Waals surface area contributed by atoms with Gasteiger partial charge in [0.25, 0.3) is 0 Å². The van der Waals surface area contributed by atoms with E-state index in [2.05, 4.69) is 46.3 Å². The van der Waals surface area contributed by atoms with Crippen molar-refractivity contribution in [3.63, 3.8) is 0 Å². The first-order valence-electron chi connectivity index (χ1n) is 11.1. The summed E-state index contributed by atoms with van der Waals surface area (Å²) >= 11 is 1.70. The second-order valence-corrected chi connectivity index (χ2v) is 9.08. The molecule has 7 heteroatoms. The fourth-order valence-electron chi connectivity index (χ4n) is 4.04. The highest BCUT2D eigenvalue weighted by atomic mass is 32.1. The monoisotopic (exact) mass is 456 g/mol. The highest BCUT2D eigenvalue weighted by molar-refractivity contribution is 7.13. The number of nitrogens with one attached hydrogen (secondary N) is 2. The molecule has 1 aliphatic carbocycles. The Labute approximate surface area is 193 Å². The third kappa shape index (κ3) is 6.28. The van der Waals surface area contributed by atoms with Crippen molar-refractivity contribution in [1.29, 1.82) is 0 Å². The Hall–Kier alpha value is -2.48. The Balaban J connectivity index is 1.76. The van der Waals surface area contributed by atoms with Crippen LogP contribution in [0.1, 0.15) is 45.6 Å². The number of carbonyl (C=O) groups excluding carboxylic acids is 1. The first kappa shape index (κ1) is 24.2. The summed E-state index contributed by atoms with van der Waals surface area (Å²) < 4.78 is 6.23. The minimum Gasteiger partial charge on any atom is -0.478 e. The van der Waals surface area contributed by atoms with Crippen LogP contribution in [0, 0.1) is 0 Å². The quantitative estimate of drug-likeness (QED) is 0.494. The van der Waals surface area contributed by atoms with Crippen LogP contribution in [0.3, 0.4) is 0 Å². The number of amides is 1. The van der Waals surface area contributed by atoms with E-state index < -0.39 is 12.1 Å². The summed E-state index contributed by atoms with van der Waals surface area (Å²) in [6.45, 7) is 6.13. The lowest BCUT2D eigenvalue weighted by Crippen LogP contribution is -2.58. The second-order valence-electron chi connectivity index (χ2n) is 8.13. The van der Waals surface area contributed by atoms with E-state index in [0.717, 1.165) is 18.4 Å². The minimum atomic E-state index is -0.948. The van der Waals surface area contributed by atoms with Crippen LogP contribution in [0.15, 0.2) is 53.4 Å². The number of carboxylic acids is 1. The third-order valence-electron chi connectivity index (χ3n) is 5.83. The van der Waals surface area contributed by atoms with E-state index in [1.54, 1.807) is 17.4 Å². The van der Waals surface area contributed by atoms with Gasteiger partial charge >= 0.3 is 5.97 Å². The van der Waals surface area contributed by atoms with Crippen molar-refractivity contribution in [1.82, 2.24) is 10.6 Å². The SMILES string of the molecule is CCC(CC)O[C@@H]1C=C(C(=O)O)C[C@H](NCc2ccc(-c3cccs3)cc2)[C@H]1NC(C)=O. The van der Waals surface area contributed by atoms with Crippen LogP contribution >= 0.6 is 11.3 Å². The van der Waals surface area contributed by atoms with Crippen LogP contribution in [-0.2, 0) is 20.9 Å². The van der Waals surface area contributed by atoms with Crippen LogP contribution in [0.4, 0.5) is 0 Å². The first-order chi connectivity index (χ1) is 15.4. The van der Waals surface area contributed by atoms with E-state index >= 15 is 0 Å². The zero-order valence-electron chi connectivity index (χ0n) is 18.8. The van der Waals surface area contributed by atoms with Gasteiger partial charge in [-0.05, 0) is 47.9 Å². The molecular weight excluding hydrogens is 424 g/mol. The van der Waals surface area contributed by atoms with Crippen LogP contribution < -0.4 is 10.6 Å². The third-order valence-corrected chi connectivity index (χ3v) is 6.74. The smallest absolute Gasteiger partial charge is 0.331 e. The van der Waals surface area contributed by atoms with Crippen LogP contribution in [0.25, 0.3) is 10.4 Å². The Bertz CT molecular complexity index is 920. The zero-order chi connectivity index (χ0) is 23.1. The van der Waals surface area contributed by atoms with Gasteiger partial charge < -0.3 is 20.5 Å². The lowest BCUT2D eigenvalue weighted by molar-refractivity contribution is -0.133. The Morgan fingerprint density at radius 2 is 1.91 bits per heavy atom. The predicted molar refractivity (Wildman–Crippen MR) is 128 cm³/mol. The molecule has 0 saturated heterocycles. The van der Waals surface area contributed by atoms with Crippen LogP contribution in [0.5, 0.6) is 0 Å². The van der Waals surface area contributed by atoms with Gasteiger partial charge in [0.05, 0.1) is 18.2 Å². The van der Waals surface area contributed by atoms with Gasteiger partial charge in [-0.2, -0.15) is 0 Å². The van der Waals surface area contributed by atoms with Crippen molar-refractivity contribution in [2.75, 3.05) is 0 Å². The van der Waals surface area contributed by atoms with Crippen LogP contribution in [0.2, 0.25) is 0 Å². The molecule has 2 aromatic rings. The Morgan fingerprint density at radius 3 is 2.47 bits per heavy atom. The van der Waals surface area contributed by atoms with E-state index in [0.29, 0.717) is 18.5 Å². The predicted octanol–water partition coefficient (Wildman–Crippen LogP) is 4.37. The van der Waals surface area contributed by atoms with Crippen molar-refractivity contribution in [3.05, 3.63) is 59.0 Å². The average molecular weight is 457 g/mol. The normalized spacial score (nSPS) is 20.8. The molecule has 1 heterocycles.